The fourth-order valence-electron chi connectivity index (χ4n) is 4.26. The molecule has 3 aromatic rings. The third-order valence-corrected chi connectivity index (χ3v) is 6.26. The van der Waals surface area contributed by atoms with Crippen molar-refractivity contribution < 1.29 is 9.90 Å². The second-order valence-electron chi connectivity index (χ2n) is 7.73. The van der Waals surface area contributed by atoms with Crippen LogP contribution in [0.15, 0.2) is 48.5 Å². The van der Waals surface area contributed by atoms with Crippen molar-refractivity contribution in [2.45, 2.75) is 31.7 Å². The van der Waals surface area contributed by atoms with Crippen LogP contribution in [-0.2, 0) is 17.6 Å². The Morgan fingerprint density at radius 3 is 2.55 bits per heavy atom. The Kier molecular flexibility index (Phi) is 6.14. The van der Waals surface area contributed by atoms with Crippen molar-refractivity contribution in [2.75, 3.05) is 19.6 Å². The molecule has 0 amide bonds. The Hall–Kier alpha value is -2.01. The SMILES string of the molecule is O=C([O-])Cc1ccc2cc(Cl)n(C3CCN(CCc4cccc(Cl)c4)CC3)c2c1. The summed E-state index contributed by atoms with van der Waals surface area (Å²) in [6.07, 6.45) is 2.94. The first-order chi connectivity index (χ1) is 14.0. The summed E-state index contributed by atoms with van der Waals surface area (Å²) in [7, 11) is 0. The number of aromatic nitrogens is 1. The molecule has 4 nitrogen and oxygen atoms in total. The molecule has 1 aliphatic heterocycles. The van der Waals surface area contributed by atoms with Crippen LogP contribution in [0, 0.1) is 0 Å². The van der Waals surface area contributed by atoms with Gasteiger partial charge in [-0.2, -0.15) is 0 Å². The predicted octanol–water partition coefficient (Wildman–Crippen LogP) is 4.12. The van der Waals surface area contributed by atoms with Crippen molar-refractivity contribution >= 4 is 40.1 Å². The highest BCUT2D eigenvalue weighted by Gasteiger charge is 2.23. The molecule has 0 radical (unpaired) electrons. The lowest BCUT2D eigenvalue weighted by Gasteiger charge is -2.33. The van der Waals surface area contributed by atoms with Crippen molar-refractivity contribution in [3.05, 3.63) is 69.8 Å². The third kappa shape index (κ3) is 4.77. The number of carbonyl (C=O) groups excluding carboxylic acids is 1. The number of fused-ring (bicyclic) bond motifs is 1. The number of carboxylic acid groups (broad SMARTS) is 1. The molecule has 1 fully saturated rings. The molecule has 2 heterocycles. The molecule has 0 atom stereocenters. The van der Waals surface area contributed by atoms with E-state index in [4.69, 9.17) is 23.2 Å². The summed E-state index contributed by atoms with van der Waals surface area (Å²) in [4.78, 5) is 13.4. The van der Waals surface area contributed by atoms with E-state index in [9.17, 15) is 9.90 Å². The Labute approximate surface area is 180 Å². The number of halogens is 2. The van der Waals surface area contributed by atoms with Gasteiger partial charge in [0.05, 0.1) is 0 Å². The van der Waals surface area contributed by atoms with Crippen LogP contribution in [0.3, 0.4) is 0 Å². The molecule has 0 saturated carbocycles. The highest BCUT2D eigenvalue weighted by molar-refractivity contribution is 6.31. The zero-order chi connectivity index (χ0) is 20.4. The fraction of sp³-hybridized carbons (Fsp3) is 0.348. The van der Waals surface area contributed by atoms with E-state index in [1.54, 1.807) is 0 Å². The number of likely N-dealkylation sites (tertiary alicyclic amines) is 1. The van der Waals surface area contributed by atoms with Gasteiger partial charge in [0.15, 0.2) is 0 Å². The fourth-order valence-corrected chi connectivity index (χ4v) is 4.82. The summed E-state index contributed by atoms with van der Waals surface area (Å²) in [5, 5.41) is 13.5. The van der Waals surface area contributed by atoms with Crippen molar-refractivity contribution in [2.24, 2.45) is 0 Å². The maximum atomic E-state index is 11.0. The van der Waals surface area contributed by atoms with E-state index < -0.39 is 5.97 Å². The van der Waals surface area contributed by atoms with E-state index in [-0.39, 0.29) is 6.42 Å². The first-order valence-electron chi connectivity index (χ1n) is 9.95. The standard InChI is InChI=1S/C23H24Cl2N2O2/c24-19-3-1-2-16(12-19)6-9-26-10-7-20(8-11-26)27-21-13-17(14-23(28)29)4-5-18(21)15-22(27)25/h1-5,12-13,15,20H,6-11,14H2,(H,28,29)/p-1. The highest BCUT2D eigenvalue weighted by Crippen LogP contribution is 2.33. The zero-order valence-corrected chi connectivity index (χ0v) is 17.6. The van der Waals surface area contributed by atoms with Gasteiger partial charge in [-0.1, -0.05) is 47.5 Å². The average molecular weight is 430 g/mol. The normalized spacial score (nSPS) is 15.8. The van der Waals surface area contributed by atoms with Crippen molar-refractivity contribution in [3.63, 3.8) is 0 Å². The van der Waals surface area contributed by atoms with Gasteiger partial charge in [0, 0.05) is 54.0 Å². The zero-order valence-electron chi connectivity index (χ0n) is 16.1. The number of nitrogens with zero attached hydrogens (tertiary/aromatic N) is 2. The lowest BCUT2D eigenvalue weighted by molar-refractivity contribution is -0.304. The van der Waals surface area contributed by atoms with Crippen LogP contribution in [0.2, 0.25) is 10.2 Å². The van der Waals surface area contributed by atoms with Gasteiger partial charge in [-0.05, 0) is 54.7 Å². The van der Waals surface area contributed by atoms with E-state index in [1.807, 2.05) is 42.5 Å². The van der Waals surface area contributed by atoms with Gasteiger partial charge in [-0.15, -0.1) is 0 Å². The van der Waals surface area contributed by atoms with Crippen molar-refractivity contribution in [1.29, 1.82) is 0 Å². The minimum Gasteiger partial charge on any atom is -0.550 e. The second-order valence-corrected chi connectivity index (χ2v) is 8.56. The van der Waals surface area contributed by atoms with E-state index in [2.05, 4.69) is 15.5 Å². The quantitative estimate of drug-likeness (QED) is 0.591. The molecule has 0 N–H and O–H groups in total. The molecule has 29 heavy (non-hydrogen) atoms. The monoisotopic (exact) mass is 429 g/mol. The number of benzene rings is 2. The van der Waals surface area contributed by atoms with Gasteiger partial charge >= 0.3 is 0 Å². The molecular weight excluding hydrogens is 407 g/mol. The number of piperidine rings is 1. The van der Waals surface area contributed by atoms with Gasteiger partial charge in [0.2, 0.25) is 0 Å². The van der Waals surface area contributed by atoms with Crippen LogP contribution in [0.4, 0.5) is 0 Å². The van der Waals surface area contributed by atoms with Gasteiger partial charge in [-0.25, -0.2) is 0 Å². The maximum Gasteiger partial charge on any atom is 0.110 e. The van der Waals surface area contributed by atoms with Crippen LogP contribution in [0.25, 0.3) is 10.9 Å². The predicted molar refractivity (Wildman–Crippen MR) is 116 cm³/mol. The van der Waals surface area contributed by atoms with E-state index in [0.717, 1.165) is 60.4 Å². The second kappa shape index (κ2) is 8.78. The van der Waals surface area contributed by atoms with E-state index in [1.165, 1.54) is 5.56 Å². The van der Waals surface area contributed by atoms with Gasteiger partial charge in [0.25, 0.3) is 0 Å². The molecule has 1 aliphatic rings. The Bertz CT molecular complexity index is 1020. The van der Waals surface area contributed by atoms with Gasteiger partial charge in [-0.3, -0.25) is 0 Å². The lowest BCUT2D eigenvalue weighted by atomic mass is 10.0. The third-order valence-electron chi connectivity index (χ3n) is 5.74. The van der Waals surface area contributed by atoms with Crippen LogP contribution < -0.4 is 5.11 Å². The van der Waals surface area contributed by atoms with E-state index >= 15 is 0 Å². The molecule has 4 rings (SSSR count). The Morgan fingerprint density at radius 1 is 1.03 bits per heavy atom. The number of hydrogen-bond acceptors (Lipinski definition) is 3. The Morgan fingerprint density at radius 2 is 1.83 bits per heavy atom. The minimum absolute atomic E-state index is 0.0827. The first kappa shape index (κ1) is 20.3. The summed E-state index contributed by atoms with van der Waals surface area (Å²) in [6, 6.07) is 16.0. The molecule has 1 aromatic heterocycles. The number of carbonyl (C=O) groups is 1. The minimum atomic E-state index is -1.07. The smallest absolute Gasteiger partial charge is 0.110 e. The molecule has 1 saturated heterocycles. The van der Waals surface area contributed by atoms with Gasteiger partial charge < -0.3 is 19.4 Å². The molecule has 152 valence electrons. The van der Waals surface area contributed by atoms with Crippen molar-refractivity contribution in [3.8, 4) is 0 Å². The summed E-state index contributed by atoms with van der Waals surface area (Å²) >= 11 is 12.6. The van der Waals surface area contributed by atoms with Crippen molar-refractivity contribution in [1.82, 2.24) is 9.47 Å². The molecule has 2 aromatic carbocycles. The molecule has 0 aliphatic carbocycles. The maximum absolute atomic E-state index is 11.0. The molecule has 0 spiro atoms. The number of carboxylic acids is 1. The number of aliphatic carboxylic acids is 1. The average Bonchev–Trinajstić information content (AvgIpc) is 3.01. The van der Waals surface area contributed by atoms with E-state index in [0.29, 0.717) is 11.2 Å². The molecule has 6 heteroatoms. The molecule has 0 unspecified atom stereocenters. The highest BCUT2D eigenvalue weighted by atomic mass is 35.5. The molecular formula is C23H23Cl2N2O2-. The van der Waals surface area contributed by atoms with Crippen LogP contribution >= 0.6 is 23.2 Å². The van der Waals surface area contributed by atoms with Crippen LogP contribution in [0.1, 0.15) is 30.0 Å². The number of rotatable bonds is 6. The number of hydrogen-bond donors (Lipinski definition) is 0. The topological polar surface area (TPSA) is 48.3 Å². The summed E-state index contributed by atoms with van der Waals surface area (Å²) in [5.41, 5.74) is 3.01. The van der Waals surface area contributed by atoms with Crippen LogP contribution in [-0.4, -0.2) is 35.1 Å². The summed E-state index contributed by atoms with van der Waals surface area (Å²) in [6.45, 7) is 3.04. The Balaban J connectivity index is 1.43. The lowest BCUT2D eigenvalue weighted by Crippen LogP contribution is -2.36. The molecule has 0 bridgehead atoms. The summed E-state index contributed by atoms with van der Waals surface area (Å²) in [5.74, 6) is -1.07. The summed E-state index contributed by atoms with van der Waals surface area (Å²) < 4.78 is 2.17. The largest absolute Gasteiger partial charge is 0.550 e. The van der Waals surface area contributed by atoms with Crippen LogP contribution in [0.5, 0.6) is 0 Å². The first-order valence-corrected chi connectivity index (χ1v) is 10.7. The van der Waals surface area contributed by atoms with Gasteiger partial charge in [0.1, 0.15) is 5.15 Å².